The fourth-order valence-electron chi connectivity index (χ4n) is 3.80. The van der Waals surface area contributed by atoms with E-state index in [-0.39, 0.29) is 12.4 Å². The zero-order valence-corrected chi connectivity index (χ0v) is 17.6. The van der Waals surface area contributed by atoms with Crippen molar-refractivity contribution in [3.8, 4) is 5.75 Å². The second-order valence-corrected chi connectivity index (χ2v) is 7.93. The summed E-state index contributed by atoms with van der Waals surface area (Å²) in [5.74, 6) is 0.0774. The van der Waals surface area contributed by atoms with E-state index < -0.39 is 11.7 Å². The van der Waals surface area contributed by atoms with Crippen LogP contribution in [0, 0.1) is 5.82 Å². The maximum atomic E-state index is 14.8. The summed E-state index contributed by atoms with van der Waals surface area (Å²) in [7, 11) is 0. The average Bonchev–Trinajstić information content (AvgIpc) is 3.18. The third kappa shape index (κ3) is 3.27. The van der Waals surface area contributed by atoms with Crippen LogP contribution in [0.2, 0.25) is 0 Å². The number of hydrogen-bond acceptors (Lipinski definition) is 6. The predicted octanol–water partition coefficient (Wildman–Crippen LogP) is 4.10. The molecule has 2 N–H and O–H groups in total. The largest absolute Gasteiger partial charge is 0.459 e. The number of aldehydes is 1. The Morgan fingerprint density at radius 3 is 2.84 bits per heavy atom. The Morgan fingerprint density at radius 2 is 2.03 bits per heavy atom. The molecular weight excluding hydrogens is 465 g/mol. The average molecular weight is 480 g/mol. The third-order valence-electron chi connectivity index (χ3n) is 5.20. The lowest BCUT2D eigenvalue weighted by molar-refractivity contribution is -0.108. The van der Waals surface area contributed by atoms with Gasteiger partial charge in [0, 0.05) is 21.2 Å². The van der Waals surface area contributed by atoms with Crippen LogP contribution in [0.4, 0.5) is 10.2 Å². The molecule has 3 heterocycles. The second kappa shape index (κ2) is 7.59. The monoisotopic (exact) mass is 479 g/mol. The van der Waals surface area contributed by atoms with Crippen molar-refractivity contribution in [2.75, 3.05) is 5.73 Å². The summed E-state index contributed by atoms with van der Waals surface area (Å²) in [5.41, 5.74) is 8.29. The molecule has 0 saturated heterocycles. The number of halogens is 2. The lowest BCUT2D eigenvalue weighted by Crippen LogP contribution is -2.20. The minimum absolute atomic E-state index is 0.177. The molecule has 1 aliphatic rings. The Bertz CT molecular complexity index is 1370. The number of carbonyl (C=O) groups is 1. The van der Waals surface area contributed by atoms with E-state index >= 15 is 0 Å². The minimum Gasteiger partial charge on any atom is -0.459 e. The molecule has 7 nitrogen and oxygen atoms in total. The van der Waals surface area contributed by atoms with Crippen LogP contribution in [0.1, 0.15) is 17.0 Å². The molecule has 0 spiro atoms. The second-order valence-electron chi connectivity index (χ2n) is 7.02. The van der Waals surface area contributed by atoms with Crippen molar-refractivity contribution in [2.45, 2.75) is 12.5 Å². The lowest BCUT2D eigenvalue weighted by Gasteiger charge is -2.29. The van der Waals surface area contributed by atoms with Crippen molar-refractivity contribution >= 4 is 44.8 Å². The SMILES string of the molecule is Nc1ncnc2c1ncn2CC1=C(c2ccccc2F)C(C=O)c2cc(Br)ccc2O1. The first-order chi connectivity index (χ1) is 15.1. The van der Waals surface area contributed by atoms with Gasteiger partial charge < -0.3 is 19.8 Å². The number of nitrogens with two attached hydrogens (primary N) is 1. The zero-order valence-electron chi connectivity index (χ0n) is 16.0. The maximum absolute atomic E-state index is 14.8. The summed E-state index contributed by atoms with van der Waals surface area (Å²) >= 11 is 3.44. The first-order valence-electron chi connectivity index (χ1n) is 9.38. The van der Waals surface area contributed by atoms with E-state index in [9.17, 15) is 9.18 Å². The van der Waals surface area contributed by atoms with E-state index in [1.54, 1.807) is 35.2 Å². The number of nitrogens with zero attached hydrogens (tertiary/aromatic N) is 4. The molecule has 0 saturated carbocycles. The van der Waals surface area contributed by atoms with E-state index in [2.05, 4.69) is 30.9 Å². The topological polar surface area (TPSA) is 95.9 Å². The Labute approximate surface area is 184 Å². The van der Waals surface area contributed by atoms with Crippen LogP contribution in [0.5, 0.6) is 5.75 Å². The van der Waals surface area contributed by atoms with Crippen LogP contribution in [0.15, 0.2) is 65.4 Å². The number of allylic oxidation sites excluding steroid dienone is 2. The maximum Gasteiger partial charge on any atom is 0.165 e. The minimum atomic E-state index is -0.706. The quantitative estimate of drug-likeness (QED) is 0.442. The molecule has 154 valence electrons. The number of rotatable bonds is 4. The summed E-state index contributed by atoms with van der Waals surface area (Å²) in [6.07, 6.45) is 3.73. The van der Waals surface area contributed by atoms with Crippen LogP contribution in [0.25, 0.3) is 16.7 Å². The normalized spacial score (nSPS) is 15.6. The van der Waals surface area contributed by atoms with Gasteiger partial charge in [0.2, 0.25) is 0 Å². The van der Waals surface area contributed by atoms with E-state index in [1.807, 2.05) is 12.1 Å². The smallest absolute Gasteiger partial charge is 0.165 e. The summed E-state index contributed by atoms with van der Waals surface area (Å²) in [6, 6.07) is 11.7. The number of carbonyl (C=O) groups excluding carboxylic acids is 1. The summed E-state index contributed by atoms with van der Waals surface area (Å²) < 4.78 is 23.6. The van der Waals surface area contributed by atoms with Crippen LogP contribution in [0.3, 0.4) is 0 Å². The summed E-state index contributed by atoms with van der Waals surface area (Å²) in [6.45, 7) is 0.177. The molecule has 1 unspecified atom stereocenters. The highest BCUT2D eigenvalue weighted by molar-refractivity contribution is 9.10. The van der Waals surface area contributed by atoms with Gasteiger partial charge in [-0.1, -0.05) is 34.1 Å². The number of fused-ring (bicyclic) bond motifs is 2. The van der Waals surface area contributed by atoms with Gasteiger partial charge in [-0.3, -0.25) is 0 Å². The first-order valence-corrected chi connectivity index (χ1v) is 10.2. The molecule has 1 atom stereocenters. The molecule has 5 rings (SSSR count). The highest BCUT2D eigenvalue weighted by Gasteiger charge is 2.32. The lowest BCUT2D eigenvalue weighted by atomic mass is 9.84. The molecule has 2 aromatic heterocycles. The Kier molecular flexibility index (Phi) is 4.74. The van der Waals surface area contributed by atoms with Crippen LogP contribution in [-0.2, 0) is 11.3 Å². The summed E-state index contributed by atoms with van der Waals surface area (Å²) in [5, 5.41) is 0. The fraction of sp³-hybridized carbons (Fsp3) is 0.0909. The molecule has 0 aliphatic carbocycles. The van der Waals surface area contributed by atoms with E-state index in [1.165, 1.54) is 12.4 Å². The number of nitrogen functional groups attached to an aromatic ring is 1. The Hall–Kier alpha value is -3.59. The number of imidazole rings is 1. The van der Waals surface area contributed by atoms with E-state index in [0.717, 1.165) is 10.8 Å². The molecule has 2 aromatic carbocycles. The summed E-state index contributed by atoms with van der Waals surface area (Å²) in [4.78, 5) is 24.7. The van der Waals surface area contributed by atoms with Crippen LogP contribution in [-0.4, -0.2) is 25.8 Å². The number of anilines is 1. The van der Waals surface area contributed by atoms with Crippen LogP contribution < -0.4 is 10.5 Å². The van der Waals surface area contributed by atoms with Gasteiger partial charge in [0.15, 0.2) is 11.5 Å². The molecule has 0 amide bonds. The van der Waals surface area contributed by atoms with E-state index in [4.69, 9.17) is 10.5 Å². The molecule has 0 bridgehead atoms. The molecule has 4 aromatic rings. The standard InChI is InChI=1S/C22H15BrFN5O2/c23-12-5-6-17-14(7-12)15(9-30)19(13-3-1-2-4-16(13)24)18(31-17)8-29-11-28-20-21(25)26-10-27-22(20)29/h1-7,9-11,15H,8H2,(H2,25,26,27). The molecule has 31 heavy (non-hydrogen) atoms. The van der Waals surface area contributed by atoms with Gasteiger partial charge in [-0.25, -0.2) is 19.3 Å². The number of aromatic nitrogens is 4. The van der Waals surface area contributed by atoms with Gasteiger partial charge in [0.25, 0.3) is 0 Å². The first kappa shape index (κ1) is 19.4. The van der Waals surface area contributed by atoms with Crippen molar-refractivity contribution in [1.29, 1.82) is 0 Å². The highest BCUT2D eigenvalue weighted by atomic mass is 79.9. The fourth-order valence-corrected chi connectivity index (χ4v) is 4.18. The molecule has 0 radical (unpaired) electrons. The number of benzene rings is 2. The number of hydrogen-bond donors (Lipinski definition) is 1. The van der Waals surface area contributed by atoms with Gasteiger partial charge in [-0.15, -0.1) is 0 Å². The molecule has 1 aliphatic heterocycles. The van der Waals surface area contributed by atoms with Crippen molar-refractivity contribution in [1.82, 2.24) is 19.5 Å². The zero-order chi connectivity index (χ0) is 21.5. The van der Waals surface area contributed by atoms with Crippen molar-refractivity contribution in [3.05, 3.63) is 82.3 Å². The van der Waals surface area contributed by atoms with Crippen molar-refractivity contribution in [2.24, 2.45) is 0 Å². The van der Waals surface area contributed by atoms with Crippen molar-refractivity contribution < 1.29 is 13.9 Å². The van der Waals surface area contributed by atoms with Gasteiger partial charge in [0.1, 0.15) is 35.5 Å². The molecule has 9 heteroatoms. The van der Waals surface area contributed by atoms with Gasteiger partial charge in [-0.2, -0.15) is 0 Å². The van der Waals surface area contributed by atoms with Gasteiger partial charge in [0.05, 0.1) is 18.8 Å². The third-order valence-corrected chi connectivity index (χ3v) is 5.69. The van der Waals surface area contributed by atoms with Crippen molar-refractivity contribution in [3.63, 3.8) is 0 Å². The van der Waals surface area contributed by atoms with Gasteiger partial charge >= 0.3 is 0 Å². The Balaban J connectivity index is 1.72. The number of ether oxygens (including phenoxy) is 1. The van der Waals surface area contributed by atoms with Gasteiger partial charge in [-0.05, 0) is 24.3 Å². The molecular formula is C22H15BrFN5O2. The highest BCUT2D eigenvalue weighted by Crippen LogP contribution is 2.44. The van der Waals surface area contributed by atoms with E-state index in [0.29, 0.717) is 39.4 Å². The molecule has 0 fully saturated rings. The Morgan fingerprint density at radius 1 is 1.19 bits per heavy atom. The predicted molar refractivity (Wildman–Crippen MR) is 117 cm³/mol. The van der Waals surface area contributed by atoms with Crippen LogP contribution >= 0.6 is 15.9 Å².